The van der Waals surface area contributed by atoms with Gasteiger partial charge in [0.05, 0.1) is 6.04 Å². The first-order chi connectivity index (χ1) is 13.4. The van der Waals surface area contributed by atoms with Gasteiger partial charge in [0.15, 0.2) is 0 Å². The third-order valence-electron chi connectivity index (χ3n) is 4.05. The molecule has 3 amide bonds. The van der Waals surface area contributed by atoms with E-state index in [4.69, 9.17) is 11.5 Å². The van der Waals surface area contributed by atoms with Crippen molar-refractivity contribution in [2.24, 2.45) is 11.5 Å². The Bertz CT molecular complexity index is 627. The first-order valence-electron chi connectivity index (χ1n) is 9.10. The Morgan fingerprint density at radius 1 is 1.07 bits per heavy atom. The standard InChI is InChI=1S/C18H28IN5O3Se.BrH/c19-28-24-15(17(21)26)8-9-16(25)22-10-4-5-11-23-18(27)14(20)12-13-6-2-1-3-7-13;/h1-3,6-7,14-15,24H,4-5,8-12,20H2,(H2,21,26)(H,22,25)(H,23,27);1H. The number of hydrogen-bond donors (Lipinski definition) is 5. The van der Waals surface area contributed by atoms with Crippen molar-refractivity contribution in [1.82, 2.24) is 15.0 Å². The van der Waals surface area contributed by atoms with Gasteiger partial charge in [-0.05, 0) is 12.0 Å². The second kappa shape index (κ2) is 17.0. The van der Waals surface area contributed by atoms with E-state index in [1.807, 2.05) is 30.3 Å². The molecule has 0 saturated carbocycles. The topological polar surface area (TPSA) is 139 Å². The summed E-state index contributed by atoms with van der Waals surface area (Å²) in [6, 6.07) is 8.62. The zero-order valence-electron chi connectivity index (χ0n) is 16.1. The van der Waals surface area contributed by atoms with Crippen LogP contribution >= 0.6 is 37.3 Å². The third kappa shape index (κ3) is 13.2. The van der Waals surface area contributed by atoms with Crippen LogP contribution in [-0.4, -0.2) is 54.8 Å². The van der Waals surface area contributed by atoms with E-state index in [2.05, 4.69) is 35.3 Å². The summed E-state index contributed by atoms with van der Waals surface area (Å²) in [7, 11) is 0. The molecule has 0 spiro atoms. The minimum absolute atomic E-state index is 0. The Kier molecular flexibility index (Phi) is 16.6. The maximum absolute atomic E-state index is 12.0. The van der Waals surface area contributed by atoms with Crippen LogP contribution in [0.25, 0.3) is 0 Å². The quantitative estimate of drug-likeness (QED) is 0.113. The molecule has 1 aromatic carbocycles. The molecule has 1 aromatic rings. The van der Waals surface area contributed by atoms with Crippen LogP contribution in [0.3, 0.4) is 0 Å². The number of carbonyl (C=O) groups excluding carboxylic acids is 3. The summed E-state index contributed by atoms with van der Waals surface area (Å²) in [5.41, 5.74) is 12.2. The number of benzene rings is 1. The molecule has 0 aliphatic rings. The van der Waals surface area contributed by atoms with Crippen LogP contribution in [0.15, 0.2) is 30.3 Å². The van der Waals surface area contributed by atoms with Gasteiger partial charge in [-0.15, -0.1) is 17.0 Å². The molecule has 8 nitrogen and oxygen atoms in total. The molecule has 0 heterocycles. The molecule has 0 bridgehead atoms. The Labute approximate surface area is 199 Å². The summed E-state index contributed by atoms with van der Waals surface area (Å²) in [5.74, 6) is -0.717. The van der Waals surface area contributed by atoms with Crippen molar-refractivity contribution in [3.05, 3.63) is 35.9 Å². The summed E-state index contributed by atoms with van der Waals surface area (Å²) in [5, 5.41) is 5.63. The van der Waals surface area contributed by atoms with E-state index < -0.39 is 18.0 Å². The number of nitrogens with one attached hydrogen (secondary N) is 3. The summed E-state index contributed by atoms with van der Waals surface area (Å²) in [6.07, 6.45) is 2.63. The molecule has 0 aliphatic heterocycles. The van der Waals surface area contributed by atoms with Crippen LogP contribution < -0.4 is 26.4 Å². The normalized spacial score (nSPS) is 12.3. The average molecular weight is 649 g/mol. The zero-order chi connectivity index (χ0) is 20.8. The van der Waals surface area contributed by atoms with E-state index in [1.54, 1.807) is 0 Å². The first kappa shape index (κ1) is 28.3. The summed E-state index contributed by atoms with van der Waals surface area (Å²) < 4.78 is 3.00. The summed E-state index contributed by atoms with van der Waals surface area (Å²) in [6.45, 7) is 1.04. The molecule has 0 fully saturated rings. The van der Waals surface area contributed by atoms with Crippen molar-refractivity contribution in [3.8, 4) is 0 Å². The maximum atomic E-state index is 12.0. The van der Waals surface area contributed by atoms with Gasteiger partial charge >= 0.3 is 125 Å². The fraction of sp³-hybridized carbons (Fsp3) is 0.500. The van der Waals surface area contributed by atoms with Gasteiger partial charge in [0.2, 0.25) is 0 Å². The van der Waals surface area contributed by atoms with Crippen LogP contribution in [0, 0.1) is 0 Å². The van der Waals surface area contributed by atoms with Gasteiger partial charge in [-0.3, -0.25) is 4.79 Å². The molecule has 7 N–H and O–H groups in total. The number of primary amides is 1. The van der Waals surface area contributed by atoms with Crippen molar-refractivity contribution < 1.29 is 14.4 Å². The van der Waals surface area contributed by atoms with Gasteiger partial charge in [0, 0.05) is 0 Å². The van der Waals surface area contributed by atoms with Gasteiger partial charge in [0.1, 0.15) is 0 Å². The van der Waals surface area contributed by atoms with Crippen LogP contribution in [0.2, 0.25) is 0 Å². The number of amides is 3. The number of halogens is 2. The molecule has 2 atom stereocenters. The van der Waals surface area contributed by atoms with E-state index in [-0.39, 0.29) is 47.1 Å². The third-order valence-corrected chi connectivity index (χ3v) is 6.16. The molecule has 0 saturated heterocycles. The van der Waals surface area contributed by atoms with E-state index in [0.717, 1.165) is 18.4 Å². The zero-order valence-corrected chi connectivity index (χ0v) is 21.6. The van der Waals surface area contributed by atoms with Crippen molar-refractivity contribution in [2.45, 2.75) is 44.2 Å². The van der Waals surface area contributed by atoms with E-state index in [9.17, 15) is 14.4 Å². The number of rotatable bonds is 14. The van der Waals surface area contributed by atoms with E-state index in [0.29, 0.717) is 25.9 Å². The van der Waals surface area contributed by atoms with Gasteiger partial charge in [-0.1, -0.05) is 30.3 Å². The monoisotopic (exact) mass is 649 g/mol. The summed E-state index contributed by atoms with van der Waals surface area (Å²) >= 11 is 2.23. The van der Waals surface area contributed by atoms with Crippen molar-refractivity contribution >= 4 is 67.0 Å². The molecule has 0 aromatic heterocycles. The van der Waals surface area contributed by atoms with Crippen LogP contribution in [-0.2, 0) is 20.8 Å². The molecule has 2 unspecified atom stereocenters. The Balaban J connectivity index is 0.00000784. The Hall–Kier alpha value is -0.721. The van der Waals surface area contributed by atoms with Gasteiger partial charge < -0.3 is 5.73 Å². The Morgan fingerprint density at radius 2 is 1.69 bits per heavy atom. The van der Waals surface area contributed by atoms with Gasteiger partial charge in [-0.25, -0.2) is 0 Å². The molecular formula is C18H29BrIN5O3Se. The van der Waals surface area contributed by atoms with Crippen molar-refractivity contribution in [3.63, 3.8) is 0 Å². The van der Waals surface area contributed by atoms with Gasteiger partial charge in [-0.2, -0.15) is 0 Å². The predicted octanol–water partition coefficient (Wildman–Crippen LogP) is 0.340. The second-order valence-corrected chi connectivity index (χ2v) is 9.44. The second-order valence-electron chi connectivity index (χ2n) is 6.33. The summed E-state index contributed by atoms with van der Waals surface area (Å²) in [4.78, 5) is 35.0. The fourth-order valence-corrected chi connectivity index (χ4v) is 4.77. The molecule has 0 radical (unpaired) electrons. The molecular weight excluding hydrogens is 620 g/mol. The molecule has 0 aliphatic carbocycles. The van der Waals surface area contributed by atoms with Crippen LogP contribution in [0.4, 0.5) is 0 Å². The van der Waals surface area contributed by atoms with Crippen LogP contribution in [0.5, 0.6) is 0 Å². The molecule has 1 rings (SSSR count). The van der Waals surface area contributed by atoms with E-state index >= 15 is 0 Å². The minimum atomic E-state index is -0.571. The number of nitrogens with two attached hydrogens (primary N) is 2. The molecule has 29 heavy (non-hydrogen) atoms. The van der Waals surface area contributed by atoms with Crippen molar-refractivity contribution in [1.29, 1.82) is 0 Å². The number of carbonyl (C=O) groups is 3. The number of hydrogen-bond acceptors (Lipinski definition) is 5. The van der Waals surface area contributed by atoms with E-state index in [1.165, 1.54) is 0 Å². The predicted molar refractivity (Wildman–Crippen MR) is 129 cm³/mol. The number of unbranched alkanes of at least 4 members (excludes halogenated alkanes) is 1. The average Bonchev–Trinajstić information content (AvgIpc) is 2.68. The van der Waals surface area contributed by atoms with Crippen molar-refractivity contribution in [2.75, 3.05) is 13.1 Å². The first-order valence-corrected chi connectivity index (χ1v) is 15.2. The van der Waals surface area contributed by atoms with Gasteiger partial charge in [0.25, 0.3) is 0 Å². The SMILES string of the molecule is Br.NC(=O)C(CCC(=O)NCCCCNC(=O)C(N)Cc1ccccc1)N[Se]I. The molecule has 164 valence electrons. The van der Waals surface area contributed by atoms with Crippen LogP contribution in [0.1, 0.15) is 31.2 Å². The molecule has 11 heteroatoms. The fourth-order valence-electron chi connectivity index (χ4n) is 2.46. The Morgan fingerprint density at radius 3 is 2.28 bits per heavy atom.